The largest absolute Gasteiger partial charge is 0.371 e. The first-order chi connectivity index (χ1) is 14.9. The Balaban J connectivity index is 1.59. The van der Waals surface area contributed by atoms with Crippen LogP contribution in [0.15, 0.2) is 42.5 Å². The van der Waals surface area contributed by atoms with Crippen molar-refractivity contribution in [1.29, 1.82) is 0 Å². The molecule has 0 unspecified atom stereocenters. The molecule has 2 aromatic rings. The summed E-state index contributed by atoms with van der Waals surface area (Å²) >= 11 is 12.1. The van der Waals surface area contributed by atoms with Gasteiger partial charge in [0.1, 0.15) is 0 Å². The Morgan fingerprint density at radius 2 is 1.77 bits per heavy atom. The first-order valence-corrected chi connectivity index (χ1v) is 11.5. The van der Waals surface area contributed by atoms with Gasteiger partial charge in [0, 0.05) is 36.4 Å². The molecule has 3 rings (SSSR count). The van der Waals surface area contributed by atoms with E-state index in [1.807, 2.05) is 24.3 Å². The average Bonchev–Trinajstić information content (AvgIpc) is 2.77. The molecular formula is C24H29Cl2N3O2. The average molecular weight is 462 g/mol. The Morgan fingerprint density at radius 3 is 2.45 bits per heavy atom. The topological polar surface area (TPSA) is 61.4 Å². The monoisotopic (exact) mass is 461 g/mol. The summed E-state index contributed by atoms with van der Waals surface area (Å²) in [6.07, 6.45) is 2.61. The Morgan fingerprint density at radius 1 is 1.06 bits per heavy atom. The van der Waals surface area contributed by atoms with Crippen LogP contribution in [0, 0.1) is 5.92 Å². The van der Waals surface area contributed by atoms with Crippen molar-refractivity contribution in [1.82, 2.24) is 10.6 Å². The summed E-state index contributed by atoms with van der Waals surface area (Å²) in [5.74, 6) is 0.221. The highest BCUT2D eigenvalue weighted by Crippen LogP contribution is 2.25. The maximum atomic E-state index is 12.7. The van der Waals surface area contributed by atoms with E-state index >= 15 is 0 Å². The zero-order chi connectivity index (χ0) is 22.4. The maximum absolute atomic E-state index is 12.7. The quantitative estimate of drug-likeness (QED) is 0.597. The van der Waals surface area contributed by atoms with E-state index in [4.69, 9.17) is 23.2 Å². The lowest BCUT2D eigenvalue weighted by molar-refractivity contribution is 0.0929. The Hall–Kier alpha value is -2.24. The molecule has 7 heteroatoms. The molecule has 2 N–H and O–H groups in total. The van der Waals surface area contributed by atoms with Gasteiger partial charge < -0.3 is 15.5 Å². The van der Waals surface area contributed by atoms with Gasteiger partial charge in [-0.2, -0.15) is 0 Å². The van der Waals surface area contributed by atoms with Crippen molar-refractivity contribution in [2.45, 2.75) is 39.2 Å². The first-order valence-electron chi connectivity index (χ1n) is 10.8. The van der Waals surface area contributed by atoms with Gasteiger partial charge >= 0.3 is 0 Å². The summed E-state index contributed by atoms with van der Waals surface area (Å²) in [6, 6.07) is 12.6. The predicted octanol–water partition coefficient (Wildman–Crippen LogP) is 5.17. The van der Waals surface area contributed by atoms with Crippen LogP contribution in [0.1, 0.15) is 53.8 Å². The van der Waals surface area contributed by atoms with Crippen LogP contribution in [0.2, 0.25) is 10.0 Å². The van der Waals surface area contributed by atoms with Gasteiger partial charge in [-0.3, -0.25) is 9.59 Å². The van der Waals surface area contributed by atoms with Gasteiger partial charge in [0.15, 0.2) is 0 Å². The van der Waals surface area contributed by atoms with E-state index in [0.717, 1.165) is 38.0 Å². The fraction of sp³-hybridized carbons (Fsp3) is 0.417. The molecule has 5 nitrogen and oxygen atoms in total. The van der Waals surface area contributed by atoms with Gasteiger partial charge in [-0.15, -0.1) is 0 Å². The predicted molar refractivity (Wildman–Crippen MR) is 127 cm³/mol. The van der Waals surface area contributed by atoms with E-state index in [9.17, 15) is 9.59 Å². The number of para-hydroxylation sites is 1. The van der Waals surface area contributed by atoms with Crippen molar-refractivity contribution in [2.75, 3.05) is 24.5 Å². The van der Waals surface area contributed by atoms with Crippen LogP contribution < -0.4 is 15.5 Å². The normalized spacial score (nSPS) is 15.4. The number of benzene rings is 2. The number of nitrogens with one attached hydrogen (secondary N) is 2. The maximum Gasteiger partial charge on any atom is 0.253 e. The zero-order valence-corrected chi connectivity index (χ0v) is 19.5. The SMILES string of the molecule is CC[C@H](C)CNC(=O)c1ccccc1N1CCC(NC(=O)c2ccc(Cl)cc2Cl)CC1. The van der Waals surface area contributed by atoms with Crippen molar-refractivity contribution in [3.05, 3.63) is 63.6 Å². The van der Waals surface area contributed by atoms with Crippen molar-refractivity contribution < 1.29 is 9.59 Å². The molecule has 0 saturated carbocycles. The summed E-state index contributed by atoms with van der Waals surface area (Å²) < 4.78 is 0. The van der Waals surface area contributed by atoms with Crippen LogP contribution in [0.5, 0.6) is 0 Å². The van der Waals surface area contributed by atoms with Crippen LogP contribution in [0.4, 0.5) is 5.69 Å². The molecule has 1 fully saturated rings. The highest BCUT2D eigenvalue weighted by molar-refractivity contribution is 6.36. The molecule has 1 aliphatic heterocycles. The number of amides is 2. The second kappa shape index (κ2) is 10.9. The number of carbonyl (C=O) groups excluding carboxylic acids is 2. The van der Waals surface area contributed by atoms with Crippen LogP contribution in [0.25, 0.3) is 0 Å². The summed E-state index contributed by atoms with van der Waals surface area (Å²) in [6.45, 7) is 6.44. The molecule has 2 amide bonds. The van der Waals surface area contributed by atoms with E-state index in [0.29, 0.717) is 33.6 Å². The van der Waals surface area contributed by atoms with Crippen LogP contribution >= 0.6 is 23.2 Å². The minimum atomic E-state index is -0.190. The van der Waals surface area contributed by atoms with Gasteiger partial charge in [-0.05, 0) is 49.1 Å². The van der Waals surface area contributed by atoms with E-state index in [1.54, 1.807) is 18.2 Å². The number of carbonyl (C=O) groups is 2. The van der Waals surface area contributed by atoms with Gasteiger partial charge in [0.05, 0.1) is 16.1 Å². The third-order valence-electron chi connectivity index (χ3n) is 5.80. The van der Waals surface area contributed by atoms with Crippen molar-refractivity contribution in [3.63, 3.8) is 0 Å². The van der Waals surface area contributed by atoms with Gasteiger partial charge in [-0.1, -0.05) is 55.6 Å². The number of rotatable bonds is 7. The second-order valence-electron chi connectivity index (χ2n) is 8.10. The Bertz CT molecular complexity index is 927. The van der Waals surface area contributed by atoms with Crippen molar-refractivity contribution in [2.24, 2.45) is 5.92 Å². The fourth-order valence-corrected chi connectivity index (χ4v) is 4.14. The standard InChI is InChI=1S/C24H29Cl2N3O2/c1-3-16(2)15-27-23(30)20-6-4-5-7-22(20)29-12-10-18(11-13-29)28-24(31)19-9-8-17(25)14-21(19)26/h4-9,14,16,18H,3,10-13,15H2,1-2H3,(H,27,30)(H,28,31)/t16-/m0/s1. The number of piperidine rings is 1. The number of halogens is 2. The molecule has 1 heterocycles. The molecular weight excluding hydrogens is 433 g/mol. The number of anilines is 1. The Labute approximate surface area is 194 Å². The molecule has 166 valence electrons. The first kappa shape index (κ1) is 23.4. The number of nitrogens with zero attached hydrogens (tertiary/aromatic N) is 1. The molecule has 31 heavy (non-hydrogen) atoms. The van der Waals surface area contributed by atoms with Crippen molar-refractivity contribution >= 4 is 40.7 Å². The minimum absolute atomic E-state index is 0.0382. The summed E-state index contributed by atoms with van der Waals surface area (Å²) in [5, 5.41) is 6.97. The highest BCUT2D eigenvalue weighted by atomic mass is 35.5. The zero-order valence-electron chi connectivity index (χ0n) is 18.0. The van der Waals surface area contributed by atoms with Crippen LogP contribution in [-0.4, -0.2) is 37.5 Å². The molecule has 1 atom stereocenters. The molecule has 1 saturated heterocycles. The van der Waals surface area contributed by atoms with E-state index in [1.165, 1.54) is 0 Å². The van der Waals surface area contributed by atoms with Crippen LogP contribution in [-0.2, 0) is 0 Å². The second-order valence-corrected chi connectivity index (χ2v) is 8.94. The molecule has 1 aliphatic rings. The lowest BCUT2D eigenvalue weighted by Gasteiger charge is -2.35. The molecule has 0 radical (unpaired) electrons. The lowest BCUT2D eigenvalue weighted by atomic mass is 10.0. The summed E-state index contributed by atoms with van der Waals surface area (Å²) in [4.78, 5) is 27.5. The van der Waals surface area contributed by atoms with Crippen molar-refractivity contribution in [3.8, 4) is 0 Å². The summed E-state index contributed by atoms with van der Waals surface area (Å²) in [5.41, 5.74) is 2.06. The highest BCUT2D eigenvalue weighted by Gasteiger charge is 2.24. The molecule has 0 spiro atoms. The fourth-order valence-electron chi connectivity index (χ4n) is 3.65. The summed E-state index contributed by atoms with van der Waals surface area (Å²) in [7, 11) is 0. The molecule has 0 aromatic heterocycles. The number of hydrogen-bond acceptors (Lipinski definition) is 3. The van der Waals surface area contributed by atoms with Gasteiger partial charge in [-0.25, -0.2) is 0 Å². The van der Waals surface area contributed by atoms with Gasteiger partial charge in [0.2, 0.25) is 0 Å². The van der Waals surface area contributed by atoms with E-state index in [2.05, 4.69) is 29.4 Å². The van der Waals surface area contributed by atoms with Gasteiger partial charge in [0.25, 0.3) is 11.8 Å². The van der Waals surface area contributed by atoms with E-state index in [-0.39, 0.29) is 17.9 Å². The minimum Gasteiger partial charge on any atom is -0.371 e. The third kappa shape index (κ3) is 6.14. The third-order valence-corrected chi connectivity index (χ3v) is 6.35. The molecule has 0 bridgehead atoms. The number of hydrogen-bond donors (Lipinski definition) is 2. The smallest absolute Gasteiger partial charge is 0.253 e. The molecule has 2 aromatic carbocycles. The van der Waals surface area contributed by atoms with Crippen LogP contribution in [0.3, 0.4) is 0 Å². The lowest BCUT2D eigenvalue weighted by Crippen LogP contribution is -2.45. The molecule has 0 aliphatic carbocycles. The Kier molecular flexibility index (Phi) is 8.22. The van der Waals surface area contributed by atoms with E-state index < -0.39 is 0 Å².